The number of aliphatic imine (C=N–C) groups is 1. The van der Waals surface area contributed by atoms with Gasteiger partial charge in [-0.05, 0) is 30.5 Å². The molecular weight excluding hydrogens is 427 g/mol. The highest BCUT2D eigenvalue weighted by molar-refractivity contribution is 14.0. The van der Waals surface area contributed by atoms with Crippen molar-refractivity contribution in [1.82, 2.24) is 10.2 Å². The van der Waals surface area contributed by atoms with Gasteiger partial charge in [-0.15, -0.1) is 30.6 Å². The molecule has 0 aliphatic carbocycles. The van der Waals surface area contributed by atoms with Gasteiger partial charge in [0, 0.05) is 38.8 Å². The zero-order valence-electron chi connectivity index (χ0n) is 15.7. The summed E-state index contributed by atoms with van der Waals surface area (Å²) in [7, 11) is 3.82. The van der Waals surface area contributed by atoms with Gasteiger partial charge < -0.3 is 15.5 Å². The van der Waals surface area contributed by atoms with Gasteiger partial charge in [0.25, 0.3) is 0 Å². The predicted molar refractivity (Wildman–Crippen MR) is 118 cm³/mol. The van der Waals surface area contributed by atoms with E-state index in [2.05, 4.69) is 27.1 Å². The fourth-order valence-corrected chi connectivity index (χ4v) is 2.14. The van der Waals surface area contributed by atoms with Crippen molar-refractivity contribution < 1.29 is 4.79 Å². The molecule has 0 heterocycles. The van der Waals surface area contributed by atoms with Crippen LogP contribution >= 0.6 is 24.0 Å². The zero-order chi connectivity index (χ0) is 17.9. The normalized spacial score (nSPS) is 10.8. The molecule has 0 fully saturated rings. The number of carbonyl (C=O) groups is 1. The number of anilines is 1. The van der Waals surface area contributed by atoms with Crippen LogP contribution in [0.4, 0.5) is 5.69 Å². The van der Waals surface area contributed by atoms with Gasteiger partial charge in [-0.3, -0.25) is 9.79 Å². The summed E-state index contributed by atoms with van der Waals surface area (Å²) >= 11 is 0. The highest BCUT2D eigenvalue weighted by atomic mass is 127. The molecule has 5 nitrogen and oxygen atoms in total. The number of guanidine groups is 1. The fraction of sp³-hybridized carbons (Fsp3) is 0.474. The maximum Gasteiger partial charge on any atom is 0.226 e. The first-order chi connectivity index (χ1) is 11.5. The van der Waals surface area contributed by atoms with Crippen LogP contribution < -0.4 is 10.6 Å². The van der Waals surface area contributed by atoms with E-state index >= 15 is 0 Å². The van der Waals surface area contributed by atoms with E-state index < -0.39 is 0 Å². The number of nitrogens with one attached hydrogen (secondary N) is 2. The van der Waals surface area contributed by atoms with Crippen molar-refractivity contribution in [2.75, 3.05) is 26.0 Å². The second kappa shape index (κ2) is 12.7. The molecule has 0 atom stereocenters. The molecule has 0 aliphatic rings. The Morgan fingerprint density at radius 1 is 1.32 bits per heavy atom. The van der Waals surface area contributed by atoms with Gasteiger partial charge >= 0.3 is 0 Å². The molecule has 6 heteroatoms. The number of nitrogens with zero attached hydrogens (tertiary/aromatic N) is 2. The largest absolute Gasteiger partial charge is 0.352 e. The van der Waals surface area contributed by atoms with Crippen LogP contribution in [0.1, 0.15) is 32.3 Å². The maximum absolute atomic E-state index is 11.7. The SMILES string of the molecule is C=CCCCN(C)C(=NC)NCc1ccc(NC(=O)C(C)C)cc1.I. The van der Waals surface area contributed by atoms with Crippen LogP contribution in [0, 0.1) is 5.92 Å². The number of hydrogen-bond acceptors (Lipinski definition) is 2. The summed E-state index contributed by atoms with van der Waals surface area (Å²) in [5.41, 5.74) is 1.96. The highest BCUT2D eigenvalue weighted by Gasteiger charge is 2.07. The van der Waals surface area contributed by atoms with Crippen LogP contribution in [-0.4, -0.2) is 37.4 Å². The topological polar surface area (TPSA) is 56.7 Å². The molecule has 140 valence electrons. The molecule has 0 spiro atoms. The minimum atomic E-state index is -0.0220. The van der Waals surface area contributed by atoms with E-state index in [1.165, 1.54) is 0 Å². The lowest BCUT2D eigenvalue weighted by Gasteiger charge is -2.22. The number of halogens is 1. The molecule has 2 N–H and O–H groups in total. The molecule has 0 saturated heterocycles. The molecule has 1 aromatic rings. The number of amides is 1. The third kappa shape index (κ3) is 8.90. The quantitative estimate of drug-likeness (QED) is 0.205. The standard InChI is InChI=1S/C19H30N4O.HI/c1-6-7-8-13-23(5)19(20-4)21-14-16-9-11-17(12-10-16)22-18(24)15(2)3;/h6,9-12,15H,1,7-8,13-14H2,2-5H3,(H,20,21)(H,22,24);1H. The summed E-state index contributed by atoms with van der Waals surface area (Å²) in [5.74, 6) is 0.880. The van der Waals surface area contributed by atoms with Crippen LogP contribution in [0.25, 0.3) is 0 Å². The molecule has 1 amide bonds. The Morgan fingerprint density at radius 3 is 2.48 bits per heavy atom. The highest BCUT2D eigenvalue weighted by Crippen LogP contribution is 2.11. The Kier molecular flexibility index (Phi) is 11.9. The van der Waals surface area contributed by atoms with E-state index in [4.69, 9.17) is 0 Å². The van der Waals surface area contributed by atoms with Crippen LogP contribution in [-0.2, 0) is 11.3 Å². The molecule has 0 saturated carbocycles. The molecule has 0 aliphatic heterocycles. The van der Waals surface area contributed by atoms with Crippen molar-refractivity contribution in [3.8, 4) is 0 Å². The minimum absolute atomic E-state index is 0. The first kappa shape index (κ1) is 23.4. The van der Waals surface area contributed by atoms with Crippen LogP contribution in [0.5, 0.6) is 0 Å². The van der Waals surface area contributed by atoms with Crippen molar-refractivity contribution in [2.24, 2.45) is 10.9 Å². The monoisotopic (exact) mass is 458 g/mol. The molecule has 0 radical (unpaired) electrons. The molecule has 0 aromatic heterocycles. The molecule has 1 aromatic carbocycles. The van der Waals surface area contributed by atoms with Crippen LogP contribution in [0.15, 0.2) is 41.9 Å². The smallest absolute Gasteiger partial charge is 0.226 e. The molecule has 0 unspecified atom stereocenters. The number of carbonyl (C=O) groups excluding carboxylic acids is 1. The molecule has 25 heavy (non-hydrogen) atoms. The average Bonchev–Trinajstić information content (AvgIpc) is 2.57. The van der Waals surface area contributed by atoms with Gasteiger partial charge in [0.05, 0.1) is 0 Å². The van der Waals surface area contributed by atoms with Gasteiger partial charge in [-0.1, -0.05) is 32.1 Å². The first-order valence-corrected chi connectivity index (χ1v) is 8.40. The van der Waals surface area contributed by atoms with E-state index in [1.807, 2.05) is 51.2 Å². The van der Waals surface area contributed by atoms with Gasteiger partial charge in [0.15, 0.2) is 5.96 Å². The van der Waals surface area contributed by atoms with Gasteiger partial charge in [-0.25, -0.2) is 0 Å². The minimum Gasteiger partial charge on any atom is -0.352 e. The summed E-state index contributed by atoms with van der Waals surface area (Å²) in [6.07, 6.45) is 4.00. The summed E-state index contributed by atoms with van der Waals surface area (Å²) < 4.78 is 0. The lowest BCUT2D eigenvalue weighted by molar-refractivity contribution is -0.118. The Bertz CT molecular complexity index is 555. The Labute approximate surface area is 169 Å². The van der Waals surface area contributed by atoms with E-state index in [1.54, 1.807) is 7.05 Å². The summed E-state index contributed by atoms with van der Waals surface area (Å²) in [5, 5.41) is 6.25. The average molecular weight is 458 g/mol. The van der Waals surface area contributed by atoms with E-state index in [0.29, 0.717) is 6.54 Å². The van der Waals surface area contributed by atoms with E-state index in [0.717, 1.165) is 36.6 Å². The Hall–Kier alpha value is -1.57. The number of rotatable bonds is 8. The zero-order valence-corrected chi connectivity index (χ0v) is 18.0. The molecular formula is C19H31IN4O. The maximum atomic E-state index is 11.7. The van der Waals surface area contributed by atoms with Gasteiger partial charge in [0.1, 0.15) is 0 Å². The predicted octanol–water partition coefficient (Wildman–Crippen LogP) is 3.87. The number of unbranched alkanes of at least 4 members (excludes halogenated alkanes) is 1. The fourth-order valence-electron chi connectivity index (χ4n) is 2.14. The Balaban J connectivity index is 0.00000576. The lowest BCUT2D eigenvalue weighted by atomic mass is 10.1. The van der Waals surface area contributed by atoms with Crippen molar-refractivity contribution in [2.45, 2.75) is 33.2 Å². The third-order valence-electron chi connectivity index (χ3n) is 3.67. The van der Waals surface area contributed by atoms with Crippen molar-refractivity contribution >= 4 is 41.5 Å². The molecule has 0 bridgehead atoms. The van der Waals surface area contributed by atoms with E-state index in [9.17, 15) is 4.79 Å². The number of benzene rings is 1. The van der Waals surface area contributed by atoms with Crippen LogP contribution in [0.3, 0.4) is 0 Å². The summed E-state index contributed by atoms with van der Waals surface area (Å²) in [6, 6.07) is 7.86. The second-order valence-corrected chi connectivity index (χ2v) is 6.09. The summed E-state index contributed by atoms with van der Waals surface area (Å²) in [4.78, 5) is 18.1. The Morgan fingerprint density at radius 2 is 1.96 bits per heavy atom. The lowest BCUT2D eigenvalue weighted by Crippen LogP contribution is -2.38. The molecule has 1 rings (SSSR count). The van der Waals surface area contributed by atoms with Crippen LogP contribution in [0.2, 0.25) is 0 Å². The van der Waals surface area contributed by atoms with E-state index in [-0.39, 0.29) is 35.8 Å². The van der Waals surface area contributed by atoms with Gasteiger partial charge in [0.2, 0.25) is 5.91 Å². The number of hydrogen-bond donors (Lipinski definition) is 2. The van der Waals surface area contributed by atoms with Crippen molar-refractivity contribution in [3.05, 3.63) is 42.5 Å². The van der Waals surface area contributed by atoms with Crippen molar-refractivity contribution in [3.63, 3.8) is 0 Å². The first-order valence-electron chi connectivity index (χ1n) is 8.40. The van der Waals surface area contributed by atoms with Gasteiger partial charge in [-0.2, -0.15) is 0 Å². The number of allylic oxidation sites excluding steroid dienone is 1. The third-order valence-corrected chi connectivity index (χ3v) is 3.67. The summed E-state index contributed by atoms with van der Waals surface area (Å²) in [6.45, 7) is 9.13. The second-order valence-electron chi connectivity index (χ2n) is 6.09. The van der Waals surface area contributed by atoms with Crippen molar-refractivity contribution in [1.29, 1.82) is 0 Å².